The van der Waals surface area contributed by atoms with Crippen LogP contribution in [0.3, 0.4) is 0 Å². The molecular formula is C15H21N3O7S. The molecule has 1 heterocycles. The average Bonchev–Trinajstić information content (AvgIpc) is 2.82. The van der Waals surface area contributed by atoms with Gasteiger partial charge in [-0.2, -0.15) is 5.01 Å². The summed E-state index contributed by atoms with van der Waals surface area (Å²) >= 11 is 0. The lowest BCUT2D eigenvalue weighted by molar-refractivity contribution is -0.384. The molecule has 1 fully saturated rings. The second-order valence-electron chi connectivity index (χ2n) is 6.98. The summed E-state index contributed by atoms with van der Waals surface area (Å²) in [5.74, 6) is -0.546. The lowest BCUT2D eigenvalue weighted by atomic mass is 10.2. The third kappa shape index (κ3) is 3.94. The fourth-order valence-electron chi connectivity index (χ4n) is 2.38. The molecule has 0 radical (unpaired) electrons. The van der Waals surface area contributed by atoms with Crippen LogP contribution in [0.1, 0.15) is 27.7 Å². The Morgan fingerprint density at radius 3 is 2.31 bits per heavy atom. The van der Waals surface area contributed by atoms with Gasteiger partial charge in [0.05, 0.1) is 9.82 Å². The molecule has 11 heteroatoms. The summed E-state index contributed by atoms with van der Waals surface area (Å²) in [6.07, 6.45) is -2.38. The van der Waals surface area contributed by atoms with Gasteiger partial charge >= 0.3 is 6.09 Å². The maximum atomic E-state index is 12.9. The molecule has 0 aliphatic carbocycles. The Hall–Kier alpha value is -2.24. The molecule has 1 aromatic rings. The van der Waals surface area contributed by atoms with Crippen LogP contribution in [0.25, 0.3) is 0 Å². The number of hydrogen-bond acceptors (Lipinski definition) is 7. The number of sulfonamides is 1. The van der Waals surface area contributed by atoms with Gasteiger partial charge in [0, 0.05) is 24.6 Å². The molecule has 0 aromatic heterocycles. The first-order chi connectivity index (χ1) is 11.8. The molecule has 1 aromatic carbocycles. The number of carbonyl (C=O) groups is 1. The van der Waals surface area contributed by atoms with E-state index in [-0.39, 0.29) is 17.1 Å². The zero-order chi connectivity index (χ0) is 19.9. The van der Waals surface area contributed by atoms with Crippen LogP contribution >= 0.6 is 0 Å². The van der Waals surface area contributed by atoms with Crippen LogP contribution in [-0.4, -0.2) is 52.3 Å². The molecule has 144 valence electrons. The Bertz CT molecular complexity index is 802. The molecule has 1 saturated heterocycles. The Kier molecular flexibility index (Phi) is 5.26. The highest BCUT2D eigenvalue weighted by atomic mass is 32.2. The highest BCUT2D eigenvalue weighted by molar-refractivity contribution is 7.89. The fourth-order valence-corrected chi connectivity index (χ4v) is 3.93. The van der Waals surface area contributed by atoms with Gasteiger partial charge in [-0.1, -0.05) is 6.92 Å². The van der Waals surface area contributed by atoms with E-state index in [0.29, 0.717) is 5.01 Å². The summed E-state index contributed by atoms with van der Waals surface area (Å²) in [6, 6.07) is 4.27. The predicted octanol–water partition coefficient (Wildman–Crippen LogP) is 1.71. The van der Waals surface area contributed by atoms with E-state index >= 15 is 0 Å². The molecule has 1 amide bonds. The molecule has 1 aliphatic rings. The molecular weight excluding hydrogens is 366 g/mol. The molecule has 2 atom stereocenters. The normalized spacial score (nSPS) is 21.7. The van der Waals surface area contributed by atoms with E-state index in [9.17, 15) is 28.4 Å². The van der Waals surface area contributed by atoms with Crippen molar-refractivity contribution in [3.8, 4) is 0 Å². The van der Waals surface area contributed by atoms with Crippen LogP contribution in [0, 0.1) is 16.0 Å². The van der Waals surface area contributed by atoms with Gasteiger partial charge in [0.2, 0.25) is 0 Å². The van der Waals surface area contributed by atoms with Crippen molar-refractivity contribution < 1.29 is 28.0 Å². The molecule has 26 heavy (non-hydrogen) atoms. The summed E-state index contributed by atoms with van der Waals surface area (Å²) in [4.78, 5) is 22.2. The van der Waals surface area contributed by atoms with E-state index in [0.717, 1.165) is 28.7 Å². The topological polar surface area (TPSA) is 130 Å². The minimum atomic E-state index is -4.22. The van der Waals surface area contributed by atoms with Gasteiger partial charge in [-0.15, -0.1) is 4.41 Å². The minimum absolute atomic E-state index is 0.139. The van der Waals surface area contributed by atoms with Crippen LogP contribution in [0.15, 0.2) is 29.2 Å². The maximum Gasteiger partial charge on any atom is 0.428 e. The summed E-state index contributed by atoms with van der Waals surface area (Å²) < 4.78 is 31.7. The summed E-state index contributed by atoms with van der Waals surface area (Å²) in [5.41, 5.74) is -1.14. The number of aliphatic hydroxyl groups excluding tert-OH is 1. The Balaban J connectivity index is 2.39. The summed E-state index contributed by atoms with van der Waals surface area (Å²) in [5, 5.41) is 21.6. The van der Waals surface area contributed by atoms with Crippen LogP contribution in [-0.2, 0) is 14.8 Å². The van der Waals surface area contributed by atoms with Gasteiger partial charge < -0.3 is 9.84 Å². The van der Waals surface area contributed by atoms with Gasteiger partial charge in [-0.25, -0.2) is 13.2 Å². The molecule has 10 nitrogen and oxygen atoms in total. The van der Waals surface area contributed by atoms with E-state index in [1.165, 1.54) is 0 Å². The second-order valence-corrected chi connectivity index (χ2v) is 8.82. The van der Waals surface area contributed by atoms with E-state index in [1.807, 2.05) is 0 Å². The van der Waals surface area contributed by atoms with Gasteiger partial charge in [0.25, 0.3) is 15.7 Å². The van der Waals surface area contributed by atoms with Crippen molar-refractivity contribution in [2.75, 3.05) is 6.54 Å². The molecule has 1 N–H and O–H groups in total. The first-order valence-corrected chi connectivity index (χ1v) is 9.26. The molecule has 0 saturated carbocycles. The van der Waals surface area contributed by atoms with Crippen molar-refractivity contribution in [1.29, 1.82) is 0 Å². The third-order valence-electron chi connectivity index (χ3n) is 3.65. The van der Waals surface area contributed by atoms with E-state index < -0.39 is 38.8 Å². The molecule has 2 unspecified atom stereocenters. The number of amides is 1. The number of ether oxygens (including phenoxy) is 1. The number of hydrogen-bond donors (Lipinski definition) is 1. The second kappa shape index (κ2) is 6.82. The minimum Gasteiger partial charge on any atom is -0.443 e. The number of nitrogens with zero attached hydrogens (tertiary/aromatic N) is 3. The largest absolute Gasteiger partial charge is 0.443 e. The quantitative estimate of drug-likeness (QED) is 0.617. The Labute approximate surface area is 151 Å². The highest BCUT2D eigenvalue weighted by Crippen LogP contribution is 2.31. The van der Waals surface area contributed by atoms with Gasteiger partial charge in [0.15, 0.2) is 6.23 Å². The van der Waals surface area contributed by atoms with Crippen LogP contribution in [0.2, 0.25) is 0 Å². The predicted molar refractivity (Wildman–Crippen MR) is 90.2 cm³/mol. The van der Waals surface area contributed by atoms with Crippen molar-refractivity contribution in [3.63, 3.8) is 0 Å². The number of nitro groups is 1. The van der Waals surface area contributed by atoms with Crippen LogP contribution in [0.4, 0.5) is 10.5 Å². The van der Waals surface area contributed by atoms with Gasteiger partial charge in [0.1, 0.15) is 5.60 Å². The van der Waals surface area contributed by atoms with Gasteiger partial charge in [-0.3, -0.25) is 10.1 Å². The lowest BCUT2D eigenvalue weighted by Gasteiger charge is -2.31. The number of hydrazine groups is 1. The van der Waals surface area contributed by atoms with E-state index in [2.05, 4.69) is 0 Å². The van der Waals surface area contributed by atoms with Crippen LogP contribution < -0.4 is 0 Å². The first kappa shape index (κ1) is 20.1. The van der Waals surface area contributed by atoms with Crippen molar-refractivity contribution in [1.82, 2.24) is 9.42 Å². The lowest BCUT2D eigenvalue weighted by Crippen LogP contribution is -2.50. The number of nitro benzene ring substituents is 1. The number of rotatable bonds is 3. The highest BCUT2D eigenvalue weighted by Gasteiger charge is 2.47. The molecule has 0 spiro atoms. The zero-order valence-electron chi connectivity index (χ0n) is 14.8. The van der Waals surface area contributed by atoms with E-state index in [4.69, 9.17) is 4.74 Å². The standard InChI is InChI=1S/C15H21N3O7S/c1-10-9-16(17(13(10)19)14(20)25-15(2,3)4)26(23,24)12-7-5-11(6-8-12)18(21)22/h5-8,10,13,19H,9H2,1-4H3. The van der Waals surface area contributed by atoms with Gasteiger partial charge in [-0.05, 0) is 32.9 Å². The van der Waals surface area contributed by atoms with Crippen molar-refractivity contribution >= 4 is 21.8 Å². The Morgan fingerprint density at radius 2 is 1.85 bits per heavy atom. The maximum absolute atomic E-state index is 12.9. The summed E-state index contributed by atoms with van der Waals surface area (Å²) in [7, 11) is -4.22. The number of non-ortho nitro benzene ring substituents is 1. The molecule has 2 rings (SSSR count). The first-order valence-electron chi connectivity index (χ1n) is 7.82. The average molecular weight is 387 g/mol. The number of benzene rings is 1. The zero-order valence-corrected chi connectivity index (χ0v) is 15.6. The Morgan fingerprint density at radius 1 is 1.31 bits per heavy atom. The molecule has 0 bridgehead atoms. The smallest absolute Gasteiger partial charge is 0.428 e. The van der Waals surface area contributed by atoms with E-state index in [1.54, 1.807) is 27.7 Å². The van der Waals surface area contributed by atoms with Crippen molar-refractivity contribution in [3.05, 3.63) is 34.4 Å². The third-order valence-corrected chi connectivity index (χ3v) is 5.40. The van der Waals surface area contributed by atoms with Crippen molar-refractivity contribution in [2.24, 2.45) is 5.92 Å². The SMILES string of the molecule is CC1CN(S(=O)(=O)c2ccc([N+](=O)[O-])cc2)N(C(=O)OC(C)(C)C)C1O. The number of carbonyl (C=O) groups excluding carboxylic acids is 1. The molecule has 1 aliphatic heterocycles. The van der Waals surface area contributed by atoms with Crippen LogP contribution in [0.5, 0.6) is 0 Å². The fraction of sp³-hybridized carbons (Fsp3) is 0.533. The monoisotopic (exact) mass is 387 g/mol. The number of aliphatic hydroxyl groups is 1. The summed E-state index contributed by atoms with van der Waals surface area (Å²) in [6.45, 7) is 6.30. The van der Waals surface area contributed by atoms with Crippen molar-refractivity contribution in [2.45, 2.75) is 44.4 Å².